The van der Waals surface area contributed by atoms with Gasteiger partial charge >= 0.3 is 73.1 Å². The van der Waals surface area contributed by atoms with E-state index in [2.05, 4.69) is 0 Å². The fourth-order valence-electron chi connectivity index (χ4n) is 0.286. The fraction of sp³-hybridized carbons (Fsp3) is 1.00. The first-order chi connectivity index (χ1) is 4.41. The molecule has 0 aromatic heterocycles. The van der Waals surface area contributed by atoms with Crippen LogP contribution in [0.1, 0.15) is 0 Å². The van der Waals surface area contributed by atoms with E-state index >= 15 is 0 Å². The molecule has 0 fully saturated rings. The third-order valence-electron chi connectivity index (χ3n) is 0.610. The molecule has 9 heavy (non-hydrogen) atoms. The van der Waals surface area contributed by atoms with Crippen molar-refractivity contribution in [2.45, 2.75) is 0 Å². The summed E-state index contributed by atoms with van der Waals surface area (Å²) in [7, 11) is 0. The van der Waals surface area contributed by atoms with Crippen molar-refractivity contribution in [2.75, 3.05) is 25.0 Å². The Kier molecular flexibility index (Phi) is 10.3. The molecule has 0 radical (unpaired) electrons. The molecule has 0 saturated carbocycles. The quantitative estimate of drug-likeness (QED) is 0.386. The van der Waals surface area contributed by atoms with Crippen molar-refractivity contribution in [3.63, 3.8) is 0 Å². The molecule has 5 heteroatoms. The Morgan fingerprint density at radius 2 is 1.44 bits per heavy atom. The van der Waals surface area contributed by atoms with Crippen molar-refractivity contribution in [1.29, 1.82) is 0 Å². The molecule has 0 amide bonds. The third-order valence-corrected chi connectivity index (χ3v) is 2.83. The molecule has 0 aromatic carbocycles. The van der Waals surface area contributed by atoms with Crippen LogP contribution in [0.25, 0.3) is 0 Å². The van der Waals surface area contributed by atoms with Gasteiger partial charge in [-0.15, -0.1) is 0 Å². The number of rotatable bonds is 6. The zero-order valence-electron chi connectivity index (χ0n) is 5.11. The Labute approximate surface area is 73.2 Å². The van der Waals surface area contributed by atoms with Gasteiger partial charge in [-0.2, -0.15) is 0 Å². The first-order valence-corrected chi connectivity index (χ1v) is 6.18. The maximum absolute atomic E-state index is 5.34. The van der Waals surface area contributed by atoms with Gasteiger partial charge in [0.05, 0.1) is 0 Å². The Bertz CT molecular complexity index is 49.8. The van der Waals surface area contributed by atoms with E-state index in [1.165, 1.54) is 0 Å². The van der Waals surface area contributed by atoms with Gasteiger partial charge in [0.2, 0.25) is 0 Å². The number of hydrogen-bond acceptors (Lipinski definition) is 2. The first-order valence-electron chi connectivity index (χ1n) is 2.69. The summed E-state index contributed by atoms with van der Waals surface area (Å²) in [5, 5.41) is 0. The Balaban J connectivity index is 2.60. The van der Waals surface area contributed by atoms with Crippen LogP contribution in [0.5, 0.6) is 0 Å². The SMILES string of the molecule is ClCC[O][Zn][O]CCCl. The van der Waals surface area contributed by atoms with E-state index in [0.29, 0.717) is 25.0 Å². The van der Waals surface area contributed by atoms with E-state index in [9.17, 15) is 0 Å². The monoisotopic (exact) mass is 222 g/mol. The van der Waals surface area contributed by atoms with E-state index in [-0.39, 0.29) is 0 Å². The molecule has 0 unspecified atom stereocenters. The predicted octanol–water partition coefficient (Wildman–Crippen LogP) is 1.41. The van der Waals surface area contributed by atoms with E-state index in [1.54, 1.807) is 0 Å². The van der Waals surface area contributed by atoms with Crippen LogP contribution in [0.2, 0.25) is 0 Å². The summed E-state index contributed by atoms with van der Waals surface area (Å²) in [6.07, 6.45) is 0. The Hall–Kier alpha value is 1.12. The minimum absolute atomic E-state index is 0.551. The average molecular weight is 224 g/mol. The van der Waals surface area contributed by atoms with E-state index in [1.807, 2.05) is 0 Å². The zero-order valence-corrected chi connectivity index (χ0v) is 9.59. The number of hydrogen-bond donors (Lipinski definition) is 0. The van der Waals surface area contributed by atoms with Gasteiger partial charge in [-0.3, -0.25) is 0 Å². The number of halogens is 2. The van der Waals surface area contributed by atoms with Crippen molar-refractivity contribution >= 4 is 23.2 Å². The fourth-order valence-corrected chi connectivity index (χ4v) is 2.62. The molecule has 0 aromatic rings. The van der Waals surface area contributed by atoms with Gasteiger partial charge in [0.1, 0.15) is 0 Å². The first kappa shape index (κ1) is 10.1. The molecular weight excluding hydrogens is 216 g/mol. The molecular formula is C4H8Cl2O2Zn. The maximum atomic E-state index is 5.34. The summed E-state index contributed by atoms with van der Waals surface area (Å²) in [6.45, 7) is 1.23. The van der Waals surface area contributed by atoms with Crippen molar-refractivity contribution in [1.82, 2.24) is 0 Å². The van der Waals surface area contributed by atoms with Gasteiger partial charge in [0.25, 0.3) is 0 Å². The van der Waals surface area contributed by atoms with Crippen LogP contribution >= 0.6 is 23.2 Å². The van der Waals surface area contributed by atoms with Crippen LogP contribution < -0.4 is 0 Å². The van der Waals surface area contributed by atoms with Crippen LogP contribution in [0.4, 0.5) is 0 Å². The predicted molar refractivity (Wildman–Crippen MR) is 33.3 cm³/mol. The molecule has 0 saturated heterocycles. The van der Waals surface area contributed by atoms with Gasteiger partial charge in [0.15, 0.2) is 0 Å². The average Bonchev–Trinajstić information content (AvgIpc) is 1.89. The van der Waals surface area contributed by atoms with Gasteiger partial charge in [-0.25, -0.2) is 0 Å². The van der Waals surface area contributed by atoms with Gasteiger partial charge in [0, 0.05) is 0 Å². The van der Waals surface area contributed by atoms with Crippen LogP contribution in [0.3, 0.4) is 0 Å². The second kappa shape index (κ2) is 9.12. The van der Waals surface area contributed by atoms with Gasteiger partial charge < -0.3 is 0 Å². The van der Waals surface area contributed by atoms with Gasteiger partial charge in [-0.1, -0.05) is 0 Å². The summed E-state index contributed by atoms with van der Waals surface area (Å²) >= 11 is 9.52. The summed E-state index contributed by atoms with van der Waals surface area (Å²) in [6, 6.07) is 0. The van der Waals surface area contributed by atoms with Crippen LogP contribution in [0.15, 0.2) is 0 Å². The molecule has 0 heterocycles. The standard InChI is InChI=1S/2C2H4ClO.Zn/c2*3-1-2-4;/h2*1-2H2;/q2*-1;+2. The normalized spacial score (nSPS) is 9.11. The van der Waals surface area contributed by atoms with Crippen LogP contribution in [0, 0.1) is 0 Å². The zero-order chi connectivity index (χ0) is 6.95. The summed E-state index contributed by atoms with van der Waals surface area (Å²) in [5.41, 5.74) is 0. The summed E-state index contributed by atoms with van der Waals surface area (Å²) in [5.74, 6) is 1.10. The summed E-state index contributed by atoms with van der Waals surface area (Å²) < 4.78 is 10.1. The molecule has 0 aliphatic rings. The van der Waals surface area contributed by atoms with E-state index in [4.69, 9.17) is 30.3 Å². The topological polar surface area (TPSA) is 18.5 Å². The van der Waals surface area contributed by atoms with Crippen molar-refractivity contribution in [3.8, 4) is 0 Å². The molecule has 2 nitrogen and oxygen atoms in total. The van der Waals surface area contributed by atoms with Crippen LogP contribution in [-0.2, 0) is 25.0 Å². The molecule has 52 valence electrons. The molecule has 0 aliphatic carbocycles. The third kappa shape index (κ3) is 9.12. The van der Waals surface area contributed by atoms with Crippen LogP contribution in [-0.4, -0.2) is 25.0 Å². The van der Waals surface area contributed by atoms with Crippen molar-refractivity contribution in [3.05, 3.63) is 0 Å². The van der Waals surface area contributed by atoms with E-state index < -0.39 is 17.8 Å². The Morgan fingerprint density at radius 1 is 1.00 bits per heavy atom. The Morgan fingerprint density at radius 3 is 1.78 bits per heavy atom. The van der Waals surface area contributed by atoms with Crippen molar-refractivity contribution < 1.29 is 25.0 Å². The molecule has 0 spiro atoms. The second-order valence-corrected chi connectivity index (χ2v) is 4.28. The minimum atomic E-state index is -1.15. The molecule has 0 atom stereocenters. The van der Waals surface area contributed by atoms with E-state index in [0.717, 1.165) is 0 Å². The number of alkyl halides is 2. The molecule has 0 N–H and O–H groups in total. The van der Waals surface area contributed by atoms with Gasteiger partial charge in [-0.05, 0) is 0 Å². The molecule has 0 bridgehead atoms. The second-order valence-electron chi connectivity index (χ2n) is 1.31. The molecule has 0 rings (SSSR count). The summed E-state index contributed by atoms with van der Waals surface area (Å²) in [4.78, 5) is 0. The van der Waals surface area contributed by atoms with Crippen molar-refractivity contribution in [2.24, 2.45) is 0 Å². The molecule has 0 aliphatic heterocycles.